The largest absolute Gasteiger partial charge is 0.311 e. The Kier molecular flexibility index (Phi) is 3.23. The molecule has 4 heterocycles. The molecule has 1 aromatic carbocycles. The van der Waals surface area contributed by atoms with E-state index in [9.17, 15) is 9.59 Å². The minimum absolute atomic E-state index is 0.00206. The van der Waals surface area contributed by atoms with Crippen LogP contribution in [0.5, 0.6) is 0 Å². The summed E-state index contributed by atoms with van der Waals surface area (Å²) in [4.78, 5) is 31.0. The van der Waals surface area contributed by atoms with Crippen molar-refractivity contribution in [1.29, 1.82) is 0 Å². The number of nitrogens with zero attached hydrogens (tertiary/aromatic N) is 2. The van der Waals surface area contributed by atoms with Crippen molar-refractivity contribution in [3.05, 3.63) is 67.3 Å². The number of carbonyl (C=O) groups excluding carboxylic acids is 2. The third kappa shape index (κ3) is 1.94. The van der Waals surface area contributed by atoms with Crippen LogP contribution in [0.1, 0.15) is 9.75 Å². The molecule has 4 nitrogen and oxygen atoms in total. The van der Waals surface area contributed by atoms with Crippen molar-refractivity contribution in [2.45, 2.75) is 0 Å². The zero-order valence-electron chi connectivity index (χ0n) is 14.1. The molecule has 0 unspecified atom stereocenters. The number of benzene rings is 1. The van der Waals surface area contributed by atoms with Crippen LogP contribution in [0.15, 0.2) is 47.2 Å². The van der Waals surface area contributed by atoms with Gasteiger partial charge in [-0.3, -0.25) is 9.59 Å². The van der Waals surface area contributed by atoms with E-state index < -0.39 is 0 Å². The van der Waals surface area contributed by atoms with E-state index in [1.54, 1.807) is 46.6 Å². The molecule has 0 saturated carbocycles. The third-order valence-electron chi connectivity index (χ3n) is 4.95. The van der Waals surface area contributed by atoms with Gasteiger partial charge in [0.2, 0.25) is 0 Å². The highest BCUT2D eigenvalue weighted by molar-refractivity contribution is 7.11. The Bertz CT molecular complexity index is 1100. The monoisotopic (exact) mass is 378 g/mol. The fourth-order valence-electron chi connectivity index (χ4n) is 3.63. The molecule has 128 valence electrons. The van der Waals surface area contributed by atoms with Crippen molar-refractivity contribution in [3.8, 4) is 0 Å². The zero-order chi connectivity index (χ0) is 18.0. The summed E-state index contributed by atoms with van der Waals surface area (Å²) in [5.41, 5.74) is 3.14. The number of anilines is 2. The van der Waals surface area contributed by atoms with Gasteiger partial charge in [0, 0.05) is 34.3 Å². The van der Waals surface area contributed by atoms with Gasteiger partial charge in [0.1, 0.15) is 0 Å². The molecule has 2 aliphatic heterocycles. The standard InChI is InChI=1S/C20H14N2O2S2/c1-21-13-9-12-14(22(2)20(24)18(12)16-6-4-8-26-16)10-11(13)17(19(21)23)15-5-3-7-25-15/h3-10H,1-2H3. The molecule has 6 heteroatoms. The highest BCUT2D eigenvalue weighted by atomic mass is 32.1. The SMILES string of the molecule is CN1C(=O)C(c2cccs2)=c2cc3c(cc21)=C(c1cccs1)C(=O)N3C. The number of likely N-dealkylation sites (N-methyl/N-ethyl adjacent to an activating group) is 2. The number of hydrogen-bond acceptors (Lipinski definition) is 4. The second-order valence-corrected chi connectivity index (χ2v) is 8.21. The first kappa shape index (κ1) is 15.5. The van der Waals surface area contributed by atoms with Crippen LogP contribution in [0.3, 0.4) is 0 Å². The highest BCUT2D eigenvalue weighted by Gasteiger charge is 2.33. The van der Waals surface area contributed by atoms with E-state index in [0.29, 0.717) is 11.1 Å². The Morgan fingerprint density at radius 2 is 1.15 bits per heavy atom. The summed E-state index contributed by atoms with van der Waals surface area (Å²) in [7, 11) is 3.58. The lowest BCUT2D eigenvalue weighted by Crippen LogP contribution is -2.25. The lowest BCUT2D eigenvalue weighted by atomic mass is 10.1. The first-order valence-electron chi connectivity index (χ1n) is 8.14. The van der Waals surface area contributed by atoms with Crippen molar-refractivity contribution in [3.63, 3.8) is 0 Å². The molecule has 26 heavy (non-hydrogen) atoms. The molecule has 0 spiro atoms. The number of rotatable bonds is 2. The minimum Gasteiger partial charge on any atom is -0.311 e. The van der Waals surface area contributed by atoms with Gasteiger partial charge in [0.05, 0.1) is 22.5 Å². The molecule has 0 bridgehead atoms. The summed E-state index contributed by atoms with van der Waals surface area (Å²) in [6.45, 7) is 0. The normalized spacial score (nSPS) is 15.9. The van der Waals surface area contributed by atoms with Crippen LogP contribution in [-0.4, -0.2) is 25.9 Å². The van der Waals surface area contributed by atoms with Crippen LogP contribution in [-0.2, 0) is 9.59 Å². The Balaban J connectivity index is 1.89. The second-order valence-electron chi connectivity index (χ2n) is 6.32. The number of carbonyl (C=O) groups is 2. The zero-order valence-corrected chi connectivity index (χ0v) is 15.8. The van der Waals surface area contributed by atoms with Gasteiger partial charge in [0.25, 0.3) is 11.8 Å². The molecule has 2 aromatic heterocycles. The molecule has 0 radical (unpaired) electrons. The van der Waals surface area contributed by atoms with Gasteiger partial charge in [0.15, 0.2) is 0 Å². The first-order valence-corrected chi connectivity index (χ1v) is 9.90. The first-order chi connectivity index (χ1) is 12.6. The van der Waals surface area contributed by atoms with Gasteiger partial charge in [-0.1, -0.05) is 12.1 Å². The fraction of sp³-hybridized carbons (Fsp3) is 0.100. The van der Waals surface area contributed by atoms with Crippen LogP contribution in [0, 0.1) is 0 Å². The predicted octanol–water partition coefficient (Wildman–Crippen LogP) is 2.16. The molecule has 0 atom stereocenters. The fourth-order valence-corrected chi connectivity index (χ4v) is 5.19. The van der Waals surface area contributed by atoms with E-state index in [-0.39, 0.29) is 11.8 Å². The molecule has 2 amide bonds. The number of fused-ring (bicyclic) bond motifs is 2. The molecule has 0 N–H and O–H groups in total. The molecule has 3 aromatic rings. The Hall–Kier alpha value is -2.70. The highest BCUT2D eigenvalue weighted by Crippen LogP contribution is 2.31. The van der Waals surface area contributed by atoms with Crippen LogP contribution in [0.2, 0.25) is 0 Å². The van der Waals surface area contributed by atoms with E-state index in [4.69, 9.17) is 0 Å². The molecular weight excluding hydrogens is 364 g/mol. The predicted molar refractivity (Wildman–Crippen MR) is 106 cm³/mol. The quantitative estimate of drug-likeness (QED) is 0.686. The summed E-state index contributed by atoms with van der Waals surface area (Å²) in [5, 5.41) is 5.73. The maximum Gasteiger partial charge on any atom is 0.260 e. The molecule has 2 aliphatic rings. The molecule has 0 fully saturated rings. The average molecular weight is 378 g/mol. The van der Waals surface area contributed by atoms with Gasteiger partial charge in [-0.2, -0.15) is 0 Å². The molecule has 5 rings (SSSR count). The van der Waals surface area contributed by atoms with Crippen molar-refractivity contribution in [2.75, 3.05) is 23.9 Å². The smallest absolute Gasteiger partial charge is 0.260 e. The third-order valence-corrected chi connectivity index (χ3v) is 6.72. The summed E-state index contributed by atoms with van der Waals surface area (Å²) in [5.74, 6) is -0.00412. The van der Waals surface area contributed by atoms with Gasteiger partial charge in [-0.05, 0) is 35.0 Å². The summed E-state index contributed by atoms with van der Waals surface area (Å²) < 4.78 is 0. The Morgan fingerprint density at radius 1 is 0.731 bits per heavy atom. The van der Waals surface area contributed by atoms with Gasteiger partial charge in [-0.25, -0.2) is 0 Å². The topological polar surface area (TPSA) is 40.6 Å². The molecule has 0 saturated heterocycles. The Morgan fingerprint density at radius 3 is 1.50 bits per heavy atom. The maximum absolute atomic E-state index is 12.9. The average Bonchev–Trinajstić information content (AvgIpc) is 3.40. The number of thiophene rings is 2. The van der Waals surface area contributed by atoms with Crippen molar-refractivity contribution in [2.24, 2.45) is 0 Å². The van der Waals surface area contributed by atoms with E-state index >= 15 is 0 Å². The van der Waals surface area contributed by atoms with E-state index in [1.807, 2.05) is 47.2 Å². The van der Waals surface area contributed by atoms with E-state index in [2.05, 4.69) is 0 Å². The van der Waals surface area contributed by atoms with Crippen LogP contribution in [0.4, 0.5) is 11.4 Å². The summed E-state index contributed by atoms with van der Waals surface area (Å²) in [6, 6.07) is 11.8. The van der Waals surface area contributed by atoms with Gasteiger partial charge in [-0.15, -0.1) is 22.7 Å². The number of amides is 2. The van der Waals surface area contributed by atoms with Crippen molar-refractivity contribution in [1.82, 2.24) is 0 Å². The lowest BCUT2D eigenvalue weighted by molar-refractivity contribution is -0.113. The molecule has 0 aliphatic carbocycles. The minimum atomic E-state index is -0.00206. The van der Waals surface area contributed by atoms with Gasteiger partial charge < -0.3 is 9.80 Å². The van der Waals surface area contributed by atoms with E-state index in [0.717, 1.165) is 31.6 Å². The maximum atomic E-state index is 12.9. The second kappa shape index (κ2) is 5.40. The summed E-state index contributed by atoms with van der Waals surface area (Å²) >= 11 is 3.11. The van der Waals surface area contributed by atoms with Crippen LogP contribution >= 0.6 is 22.7 Å². The molecular formula is C20H14N2O2S2. The Labute approximate surface area is 157 Å². The van der Waals surface area contributed by atoms with Crippen molar-refractivity contribution >= 4 is 57.0 Å². The summed E-state index contributed by atoms with van der Waals surface area (Å²) in [6.07, 6.45) is 0. The van der Waals surface area contributed by atoms with E-state index in [1.165, 1.54) is 0 Å². The van der Waals surface area contributed by atoms with Gasteiger partial charge >= 0.3 is 0 Å². The lowest BCUT2D eigenvalue weighted by Gasteiger charge is -2.13. The number of hydrogen-bond donors (Lipinski definition) is 0. The van der Waals surface area contributed by atoms with Crippen molar-refractivity contribution < 1.29 is 9.59 Å². The van der Waals surface area contributed by atoms with Crippen LogP contribution in [0.25, 0.3) is 11.1 Å². The van der Waals surface area contributed by atoms with Crippen LogP contribution < -0.4 is 20.2 Å².